The number of piperidine rings is 1. The molecule has 128 valence electrons. The van der Waals surface area contributed by atoms with Gasteiger partial charge in [0.25, 0.3) is 0 Å². The predicted octanol–water partition coefficient (Wildman–Crippen LogP) is 1.53. The first-order valence-electron chi connectivity index (χ1n) is 7.70. The number of hydrogen-bond donors (Lipinski definition) is 2. The van der Waals surface area contributed by atoms with Crippen LogP contribution in [0, 0.1) is 5.92 Å². The van der Waals surface area contributed by atoms with Crippen molar-refractivity contribution in [1.82, 2.24) is 9.97 Å². The largest absolute Gasteiger partial charge is 0.493 e. The molecule has 8 nitrogen and oxygen atoms in total. The molecule has 1 aromatic heterocycles. The molecule has 0 radical (unpaired) electrons. The maximum absolute atomic E-state index is 11.2. The number of nitrogen functional groups attached to an aromatic ring is 1. The molecule has 1 atom stereocenters. The van der Waals surface area contributed by atoms with Crippen LogP contribution in [0.4, 0.5) is 11.8 Å². The van der Waals surface area contributed by atoms with Gasteiger partial charge in [-0.05, 0) is 18.9 Å². The Morgan fingerprint density at radius 2 is 2.00 bits per heavy atom. The van der Waals surface area contributed by atoms with Crippen LogP contribution in [0.5, 0.6) is 11.5 Å². The zero-order valence-electron chi connectivity index (χ0n) is 13.7. The smallest absolute Gasteiger partial charge is 0.308 e. The number of rotatable bonds is 4. The van der Waals surface area contributed by atoms with Crippen LogP contribution in [0.3, 0.4) is 0 Å². The Balaban J connectivity index is 2.02. The van der Waals surface area contributed by atoms with Crippen molar-refractivity contribution in [3.63, 3.8) is 0 Å². The molecule has 0 amide bonds. The van der Waals surface area contributed by atoms with Crippen LogP contribution in [-0.4, -0.2) is 48.4 Å². The quantitative estimate of drug-likeness (QED) is 0.867. The molecule has 1 aliphatic heterocycles. The van der Waals surface area contributed by atoms with Crippen molar-refractivity contribution in [2.24, 2.45) is 5.92 Å². The van der Waals surface area contributed by atoms with Gasteiger partial charge in [0.15, 0.2) is 11.5 Å². The summed E-state index contributed by atoms with van der Waals surface area (Å²) in [5, 5.41) is 9.90. The van der Waals surface area contributed by atoms with Crippen LogP contribution in [0.1, 0.15) is 12.8 Å². The van der Waals surface area contributed by atoms with Crippen molar-refractivity contribution in [2.45, 2.75) is 12.8 Å². The average Bonchev–Trinajstić information content (AvgIpc) is 2.60. The van der Waals surface area contributed by atoms with E-state index in [-0.39, 0.29) is 0 Å². The molecule has 24 heavy (non-hydrogen) atoms. The summed E-state index contributed by atoms with van der Waals surface area (Å²) in [5.74, 6) is 0.671. The fourth-order valence-electron chi connectivity index (χ4n) is 2.97. The summed E-state index contributed by atoms with van der Waals surface area (Å²) in [6, 6.07) is 3.48. The third-order valence-electron chi connectivity index (χ3n) is 4.27. The topological polar surface area (TPSA) is 111 Å². The monoisotopic (exact) mass is 332 g/mol. The van der Waals surface area contributed by atoms with E-state index in [1.54, 1.807) is 26.4 Å². The number of ether oxygens (including phenoxy) is 2. The second kappa shape index (κ2) is 6.38. The number of fused-ring (bicyclic) bond motifs is 1. The van der Waals surface area contributed by atoms with E-state index in [1.807, 2.05) is 4.90 Å². The van der Waals surface area contributed by atoms with Gasteiger partial charge in [-0.15, -0.1) is 0 Å². The third kappa shape index (κ3) is 2.86. The number of aliphatic carboxylic acids is 1. The molecule has 1 saturated heterocycles. The van der Waals surface area contributed by atoms with Gasteiger partial charge in [-0.2, -0.15) is 4.98 Å². The molecule has 1 aromatic carbocycles. The Morgan fingerprint density at radius 3 is 2.67 bits per heavy atom. The highest BCUT2D eigenvalue weighted by atomic mass is 16.5. The standard InChI is InChI=1S/C16H20N4O4/c1-23-12-6-10-11(7-13(12)24-2)18-16(19-14(10)17)20-5-3-4-9(8-20)15(21)22/h6-7,9H,3-5,8H2,1-2H3,(H,21,22)(H2,17,18,19). The number of aromatic nitrogens is 2. The normalized spacial score (nSPS) is 17.8. The van der Waals surface area contributed by atoms with Gasteiger partial charge in [0.2, 0.25) is 5.95 Å². The fourth-order valence-corrected chi connectivity index (χ4v) is 2.97. The number of hydrogen-bond acceptors (Lipinski definition) is 7. The second-order valence-electron chi connectivity index (χ2n) is 5.76. The van der Waals surface area contributed by atoms with E-state index in [9.17, 15) is 9.90 Å². The van der Waals surface area contributed by atoms with Crippen LogP contribution >= 0.6 is 0 Å². The second-order valence-corrected chi connectivity index (χ2v) is 5.76. The summed E-state index contributed by atoms with van der Waals surface area (Å²) in [6.07, 6.45) is 1.45. The number of carbonyl (C=O) groups is 1. The molecule has 2 heterocycles. The van der Waals surface area contributed by atoms with Crippen molar-refractivity contribution >= 4 is 28.6 Å². The van der Waals surface area contributed by atoms with Crippen molar-refractivity contribution < 1.29 is 19.4 Å². The lowest BCUT2D eigenvalue weighted by atomic mass is 9.99. The molecule has 0 saturated carbocycles. The van der Waals surface area contributed by atoms with Crippen molar-refractivity contribution in [3.05, 3.63) is 12.1 Å². The lowest BCUT2D eigenvalue weighted by Crippen LogP contribution is -2.39. The minimum absolute atomic E-state index is 0.327. The van der Waals surface area contributed by atoms with Gasteiger partial charge in [0, 0.05) is 24.5 Å². The molecule has 1 aliphatic rings. The summed E-state index contributed by atoms with van der Waals surface area (Å²) in [7, 11) is 3.10. The van der Waals surface area contributed by atoms with Crippen LogP contribution in [0.25, 0.3) is 10.9 Å². The van der Waals surface area contributed by atoms with Crippen molar-refractivity contribution in [2.75, 3.05) is 37.9 Å². The predicted molar refractivity (Wildman–Crippen MR) is 89.6 cm³/mol. The average molecular weight is 332 g/mol. The highest BCUT2D eigenvalue weighted by Crippen LogP contribution is 2.34. The highest BCUT2D eigenvalue weighted by Gasteiger charge is 2.27. The van der Waals surface area contributed by atoms with Gasteiger partial charge in [0.05, 0.1) is 25.7 Å². The summed E-state index contributed by atoms with van der Waals surface area (Å²) < 4.78 is 10.6. The first kappa shape index (κ1) is 16.1. The number of carboxylic acid groups (broad SMARTS) is 1. The van der Waals surface area contributed by atoms with E-state index in [4.69, 9.17) is 15.2 Å². The van der Waals surface area contributed by atoms with Crippen molar-refractivity contribution in [3.8, 4) is 11.5 Å². The Hall–Kier alpha value is -2.77. The molecule has 1 unspecified atom stereocenters. The van der Waals surface area contributed by atoms with E-state index in [0.717, 1.165) is 6.42 Å². The first-order valence-corrected chi connectivity index (χ1v) is 7.70. The van der Waals surface area contributed by atoms with E-state index in [0.29, 0.717) is 53.7 Å². The molecule has 0 aliphatic carbocycles. The maximum Gasteiger partial charge on any atom is 0.308 e. The lowest BCUT2D eigenvalue weighted by molar-refractivity contribution is -0.141. The van der Waals surface area contributed by atoms with Crippen LogP contribution < -0.4 is 20.1 Å². The molecule has 2 aromatic rings. The van der Waals surface area contributed by atoms with Crippen LogP contribution in [0.15, 0.2) is 12.1 Å². The molecule has 0 spiro atoms. The van der Waals surface area contributed by atoms with Gasteiger partial charge in [-0.1, -0.05) is 0 Å². The fraction of sp³-hybridized carbons (Fsp3) is 0.438. The Labute approximate surface area is 139 Å². The molecule has 0 bridgehead atoms. The number of nitrogens with two attached hydrogens (primary N) is 1. The van der Waals surface area contributed by atoms with Crippen molar-refractivity contribution in [1.29, 1.82) is 0 Å². The van der Waals surface area contributed by atoms with Crippen LogP contribution in [0.2, 0.25) is 0 Å². The number of anilines is 2. The number of methoxy groups -OCH3 is 2. The summed E-state index contributed by atoms with van der Waals surface area (Å²) >= 11 is 0. The summed E-state index contributed by atoms with van der Waals surface area (Å²) in [4.78, 5) is 22.0. The highest BCUT2D eigenvalue weighted by molar-refractivity contribution is 5.91. The van der Waals surface area contributed by atoms with E-state index < -0.39 is 11.9 Å². The molecule has 1 fully saturated rings. The summed E-state index contributed by atoms with van der Waals surface area (Å²) in [6.45, 7) is 1.09. The Kier molecular flexibility index (Phi) is 4.28. The first-order chi connectivity index (χ1) is 11.5. The molecule has 3 N–H and O–H groups in total. The Morgan fingerprint density at radius 1 is 1.29 bits per heavy atom. The summed E-state index contributed by atoms with van der Waals surface area (Å²) in [5.41, 5.74) is 6.71. The number of nitrogens with zero attached hydrogens (tertiary/aromatic N) is 3. The SMILES string of the molecule is COc1cc2nc(N3CCCC(C(=O)O)C3)nc(N)c2cc1OC. The minimum atomic E-state index is -0.792. The molecule has 3 rings (SSSR count). The van der Waals surface area contributed by atoms with Crippen LogP contribution in [-0.2, 0) is 4.79 Å². The third-order valence-corrected chi connectivity index (χ3v) is 4.27. The zero-order chi connectivity index (χ0) is 17.3. The zero-order valence-corrected chi connectivity index (χ0v) is 13.7. The molecule has 8 heteroatoms. The van der Waals surface area contributed by atoms with E-state index in [1.165, 1.54) is 0 Å². The van der Waals surface area contributed by atoms with E-state index >= 15 is 0 Å². The lowest BCUT2D eigenvalue weighted by Gasteiger charge is -2.30. The van der Waals surface area contributed by atoms with Gasteiger partial charge >= 0.3 is 5.97 Å². The number of benzene rings is 1. The Bertz CT molecular complexity index is 780. The molecular formula is C16H20N4O4. The van der Waals surface area contributed by atoms with Gasteiger partial charge in [-0.3, -0.25) is 4.79 Å². The van der Waals surface area contributed by atoms with Gasteiger partial charge in [-0.25, -0.2) is 4.98 Å². The van der Waals surface area contributed by atoms with Gasteiger partial charge < -0.3 is 25.2 Å². The van der Waals surface area contributed by atoms with E-state index in [2.05, 4.69) is 9.97 Å². The maximum atomic E-state index is 11.2. The minimum Gasteiger partial charge on any atom is -0.493 e. The number of carboxylic acids is 1. The molecular weight excluding hydrogens is 312 g/mol. The van der Waals surface area contributed by atoms with Gasteiger partial charge in [0.1, 0.15) is 5.82 Å².